The van der Waals surface area contributed by atoms with E-state index in [9.17, 15) is 4.79 Å². The van der Waals surface area contributed by atoms with Gasteiger partial charge >= 0.3 is 5.97 Å². The molecule has 1 aromatic heterocycles. The maximum atomic E-state index is 11.7. The Kier molecular flexibility index (Phi) is 3.21. The van der Waals surface area contributed by atoms with E-state index in [4.69, 9.17) is 9.47 Å². The van der Waals surface area contributed by atoms with Gasteiger partial charge in [-0.25, -0.2) is 9.78 Å². The zero-order valence-corrected chi connectivity index (χ0v) is 10.8. The first-order valence-corrected chi connectivity index (χ1v) is 6.51. The van der Waals surface area contributed by atoms with Crippen LogP contribution in [0.2, 0.25) is 0 Å². The number of hydrogen-bond donors (Lipinski definition) is 0. The summed E-state index contributed by atoms with van der Waals surface area (Å²) in [4.78, 5) is 16.1. The number of imidazole rings is 1. The molecule has 0 bridgehead atoms. The molecule has 0 unspecified atom stereocenters. The molecule has 0 aliphatic carbocycles. The van der Waals surface area contributed by atoms with Crippen LogP contribution in [0.4, 0.5) is 0 Å². The Bertz CT molecular complexity index is 602. The van der Waals surface area contributed by atoms with E-state index < -0.39 is 0 Å². The normalized spacial score (nSPS) is 18.3. The van der Waals surface area contributed by atoms with Crippen LogP contribution in [0.5, 0.6) is 0 Å². The molecule has 1 atom stereocenters. The maximum Gasteiger partial charge on any atom is 0.338 e. The van der Waals surface area contributed by atoms with E-state index in [0.717, 1.165) is 30.6 Å². The van der Waals surface area contributed by atoms with Crippen LogP contribution in [0.3, 0.4) is 0 Å². The third-order valence-corrected chi connectivity index (χ3v) is 3.33. The van der Waals surface area contributed by atoms with Gasteiger partial charge in [0, 0.05) is 6.61 Å². The molecule has 1 aliphatic heterocycles. The summed E-state index contributed by atoms with van der Waals surface area (Å²) in [6.07, 6.45) is 3.14. The number of aromatic nitrogens is 2. The number of hydrogen-bond acceptors (Lipinski definition) is 4. The minimum Gasteiger partial charge on any atom is -0.462 e. The van der Waals surface area contributed by atoms with Crippen molar-refractivity contribution in [1.82, 2.24) is 9.55 Å². The zero-order chi connectivity index (χ0) is 13.2. The molecule has 0 amide bonds. The summed E-state index contributed by atoms with van der Waals surface area (Å²) < 4.78 is 12.5. The lowest BCUT2D eigenvalue weighted by Crippen LogP contribution is -2.30. The molecule has 2 heterocycles. The van der Waals surface area contributed by atoms with Crippen molar-refractivity contribution in [3.63, 3.8) is 0 Å². The van der Waals surface area contributed by atoms with E-state index in [1.807, 2.05) is 16.7 Å². The Hall–Kier alpha value is -1.88. The molecule has 0 spiro atoms. The summed E-state index contributed by atoms with van der Waals surface area (Å²) in [6, 6.07) is 5.43. The van der Waals surface area contributed by atoms with Crippen molar-refractivity contribution in [2.75, 3.05) is 13.2 Å². The summed E-state index contributed by atoms with van der Waals surface area (Å²) in [5, 5.41) is 0. The van der Waals surface area contributed by atoms with Crippen LogP contribution in [-0.4, -0.2) is 34.8 Å². The van der Waals surface area contributed by atoms with E-state index in [0.29, 0.717) is 12.2 Å². The Balaban J connectivity index is 1.90. The fourth-order valence-electron chi connectivity index (χ4n) is 2.19. The monoisotopic (exact) mass is 260 g/mol. The molecule has 100 valence electrons. The second kappa shape index (κ2) is 5.01. The predicted octanol–water partition coefficient (Wildman–Crippen LogP) is 2.00. The van der Waals surface area contributed by atoms with Gasteiger partial charge in [0.25, 0.3) is 0 Å². The fraction of sp³-hybridized carbons (Fsp3) is 0.429. The number of fused-ring (bicyclic) bond motifs is 1. The van der Waals surface area contributed by atoms with E-state index in [1.165, 1.54) is 0 Å². The van der Waals surface area contributed by atoms with Crippen LogP contribution < -0.4 is 0 Å². The van der Waals surface area contributed by atoms with Crippen molar-refractivity contribution in [1.29, 1.82) is 0 Å². The van der Waals surface area contributed by atoms with Crippen LogP contribution in [0, 0.1) is 0 Å². The molecular weight excluding hydrogens is 244 g/mol. The van der Waals surface area contributed by atoms with Crippen molar-refractivity contribution < 1.29 is 14.3 Å². The minimum absolute atomic E-state index is 0.267. The van der Waals surface area contributed by atoms with Crippen molar-refractivity contribution in [2.24, 2.45) is 0 Å². The summed E-state index contributed by atoms with van der Waals surface area (Å²) >= 11 is 0. The molecule has 0 N–H and O–H groups in total. The van der Waals surface area contributed by atoms with Crippen LogP contribution in [0.1, 0.15) is 23.7 Å². The first-order valence-electron chi connectivity index (χ1n) is 6.51. The molecule has 1 fully saturated rings. The summed E-state index contributed by atoms with van der Waals surface area (Å²) in [5.74, 6) is -0.294. The van der Waals surface area contributed by atoms with Gasteiger partial charge in [-0.3, -0.25) is 0 Å². The first-order chi connectivity index (χ1) is 9.28. The Morgan fingerprint density at radius 2 is 2.42 bits per heavy atom. The zero-order valence-electron chi connectivity index (χ0n) is 10.8. The van der Waals surface area contributed by atoms with E-state index in [2.05, 4.69) is 4.98 Å². The second-order valence-corrected chi connectivity index (χ2v) is 4.60. The number of carbonyl (C=O) groups is 1. The van der Waals surface area contributed by atoms with Crippen molar-refractivity contribution >= 4 is 17.0 Å². The molecule has 0 saturated carbocycles. The standard InChI is InChI=1S/C14H16N2O3/c1-2-18-14(17)10-3-4-12-13(7-10)16(9-15-12)8-11-5-6-19-11/h3-4,7,9,11H,2,5-6,8H2,1H3/t11-/m0/s1. The number of ether oxygens (including phenoxy) is 2. The Morgan fingerprint density at radius 3 is 3.11 bits per heavy atom. The summed E-state index contributed by atoms with van der Waals surface area (Å²) in [5.41, 5.74) is 2.39. The molecule has 1 aliphatic rings. The van der Waals surface area contributed by atoms with Gasteiger partial charge in [0.1, 0.15) is 0 Å². The first kappa shape index (κ1) is 12.2. The molecule has 5 nitrogen and oxygen atoms in total. The molecule has 2 aromatic rings. The van der Waals surface area contributed by atoms with Crippen LogP contribution in [0.25, 0.3) is 11.0 Å². The van der Waals surface area contributed by atoms with Gasteiger partial charge in [-0.1, -0.05) is 0 Å². The van der Waals surface area contributed by atoms with Crippen molar-refractivity contribution in [2.45, 2.75) is 26.0 Å². The highest BCUT2D eigenvalue weighted by molar-refractivity contribution is 5.93. The summed E-state index contributed by atoms with van der Waals surface area (Å²) in [6.45, 7) is 3.80. The number of nitrogens with zero attached hydrogens (tertiary/aromatic N) is 2. The van der Waals surface area contributed by atoms with E-state index >= 15 is 0 Å². The van der Waals surface area contributed by atoms with Gasteiger partial charge < -0.3 is 14.0 Å². The number of carbonyl (C=O) groups excluding carboxylic acids is 1. The summed E-state index contributed by atoms with van der Waals surface area (Å²) in [7, 11) is 0. The molecule has 3 rings (SSSR count). The number of rotatable bonds is 4. The Morgan fingerprint density at radius 1 is 1.58 bits per heavy atom. The van der Waals surface area contributed by atoms with E-state index in [-0.39, 0.29) is 12.1 Å². The van der Waals surface area contributed by atoms with Gasteiger partial charge in [0.05, 0.1) is 42.2 Å². The maximum absolute atomic E-state index is 11.7. The molecule has 5 heteroatoms. The third-order valence-electron chi connectivity index (χ3n) is 3.33. The number of esters is 1. The molecular formula is C14H16N2O3. The lowest BCUT2D eigenvalue weighted by Gasteiger charge is -2.26. The van der Waals surface area contributed by atoms with Crippen molar-refractivity contribution in [3.8, 4) is 0 Å². The number of benzene rings is 1. The van der Waals surface area contributed by atoms with Gasteiger partial charge in [-0.15, -0.1) is 0 Å². The molecule has 0 radical (unpaired) electrons. The quantitative estimate of drug-likeness (QED) is 0.789. The highest BCUT2D eigenvalue weighted by Crippen LogP contribution is 2.19. The fourth-order valence-corrected chi connectivity index (χ4v) is 2.19. The van der Waals surface area contributed by atoms with Gasteiger partial charge in [0.15, 0.2) is 0 Å². The highest BCUT2D eigenvalue weighted by atomic mass is 16.5. The van der Waals surface area contributed by atoms with Gasteiger partial charge in [-0.05, 0) is 31.5 Å². The predicted molar refractivity (Wildman–Crippen MR) is 70.0 cm³/mol. The lowest BCUT2D eigenvalue weighted by molar-refractivity contribution is -0.0586. The van der Waals surface area contributed by atoms with Gasteiger partial charge in [-0.2, -0.15) is 0 Å². The van der Waals surface area contributed by atoms with Crippen LogP contribution in [-0.2, 0) is 16.0 Å². The van der Waals surface area contributed by atoms with Crippen molar-refractivity contribution in [3.05, 3.63) is 30.1 Å². The average molecular weight is 260 g/mol. The average Bonchev–Trinajstić information content (AvgIpc) is 2.76. The lowest BCUT2D eigenvalue weighted by atomic mass is 10.1. The van der Waals surface area contributed by atoms with E-state index in [1.54, 1.807) is 19.3 Å². The largest absolute Gasteiger partial charge is 0.462 e. The highest BCUT2D eigenvalue weighted by Gasteiger charge is 2.19. The molecule has 1 aromatic carbocycles. The van der Waals surface area contributed by atoms with Gasteiger partial charge in [0.2, 0.25) is 0 Å². The third kappa shape index (κ3) is 2.33. The molecule has 19 heavy (non-hydrogen) atoms. The SMILES string of the molecule is CCOC(=O)c1ccc2ncn(C[C@@H]3CCO3)c2c1. The van der Waals surface area contributed by atoms with Crippen LogP contribution in [0.15, 0.2) is 24.5 Å². The minimum atomic E-state index is -0.294. The van der Waals surface area contributed by atoms with Crippen LogP contribution >= 0.6 is 0 Å². The molecule has 1 saturated heterocycles. The second-order valence-electron chi connectivity index (χ2n) is 4.60. The topological polar surface area (TPSA) is 53.3 Å². The Labute approximate surface area is 111 Å². The smallest absolute Gasteiger partial charge is 0.338 e.